The third kappa shape index (κ3) is 3.01. The van der Waals surface area contributed by atoms with E-state index in [-0.39, 0.29) is 28.9 Å². The number of sulfonamides is 1. The quantitative estimate of drug-likeness (QED) is 0.776. The Morgan fingerprint density at radius 1 is 1.29 bits per heavy atom. The predicted molar refractivity (Wildman–Crippen MR) is 88.3 cm³/mol. The lowest BCUT2D eigenvalue weighted by Gasteiger charge is -2.23. The Labute approximate surface area is 141 Å². The fourth-order valence-corrected chi connectivity index (χ4v) is 5.23. The number of carbonyl (C=O) groups excluding carboxylic acids is 1. The minimum Gasteiger partial charge on any atom is -0.360 e. The molecule has 0 aliphatic carbocycles. The highest BCUT2D eigenvalue weighted by Crippen LogP contribution is 2.31. The van der Waals surface area contributed by atoms with E-state index in [0.717, 1.165) is 6.42 Å². The fraction of sp³-hybridized carbons (Fsp3) is 0.412. The van der Waals surface area contributed by atoms with Crippen LogP contribution in [0.2, 0.25) is 0 Å². The van der Waals surface area contributed by atoms with Gasteiger partial charge in [0.25, 0.3) is 0 Å². The van der Waals surface area contributed by atoms with Crippen LogP contribution in [0.15, 0.2) is 39.8 Å². The molecule has 3 rings (SSSR count). The summed E-state index contributed by atoms with van der Waals surface area (Å²) in [7, 11) is -3.71. The van der Waals surface area contributed by atoms with Crippen LogP contribution in [-0.4, -0.2) is 36.2 Å². The maximum Gasteiger partial charge on any atom is 0.248 e. The summed E-state index contributed by atoms with van der Waals surface area (Å²) in [4.78, 5) is 12.6. The minimum atomic E-state index is -3.71. The first-order valence-electron chi connectivity index (χ1n) is 7.94. The lowest BCUT2D eigenvalue weighted by Crippen LogP contribution is -2.37. The van der Waals surface area contributed by atoms with Gasteiger partial charge in [0.1, 0.15) is 10.6 Å². The van der Waals surface area contributed by atoms with E-state index in [2.05, 4.69) is 5.16 Å². The zero-order chi connectivity index (χ0) is 17.3. The van der Waals surface area contributed by atoms with Gasteiger partial charge in [-0.05, 0) is 26.7 Å². The molecule has 0 unspecified atom stereocenters. The van der Waals surface area contributed by atoms with Crippen molar-refractivity contribution in [3.63, 3.8) is 0 Å². The molecule has 24 heavy (non-hydrogen) atoms. The van der Waals surface area contributed by atoms with Crippen LogP contribution < -0.4 is 0 Å². The average molecular weight is 348 g/mol. The van der Waals surface area contributed by atoms with E-state index in [4.69, 9.17) is 4.52 Å². The Morgan fingerprint density at radius 2 is 2.00 bits per heavy atom. The zero-order valence-electron chi connectivity index (χ0n) is 13.7. The predicted octanol–water partition coefficient (Wildman–Crippen LogP) is 2.72. The molecule has 128 valence electrons. The summed E-state index contributed by atoms with van der Waals surface area (Å²) in [5.74, 6) is 0.244. The second-order valence-electron chi connectivity index (χ2n) is 6.06. The van der Waals surface area contributed by atoms with Crippen LogP contribution >= 0.6 is 0 Å². The number of hydrogen-bond acceptors (Lipinski definition) is 5. The number of carbonyl (C=O) groups is 1. The number of aryl methyl sites for hydroxylation is 2. The summed E-state index contributed by atoms with van der Waals surface area (Å²) < 4.78 is 32.4. The first-order chi connectivity index (χ1) is 11.4. The Hall–Kier alpha value is -1.99. The van der Waals surface area contributed by atoms with E-state index in [1.165, 1.54) is 4.31 Å². The van der Waals surface area contributed by atoms with Gasteiger partial charge in [0.2, 0.25) is 10.0 Å². The Bertz CT molecular complexity index is 823. The van der Waals surface area contributed by atoms with Crippen LogP contribution in [0.1, 0.15) is 41.1 Å². The topological polar surface area (TPSA) is 80.5 Å². The summed E-state index contributed by atoms with van der Waals surface area (Å²) >= 11 is 0. The number of rotatable bonds is 5. The van der Waals surface area contributed by atoms with Crippen molar-refractivity contribution in [3.05, 3.63) is 47.3 Å². The monoisotopic (exact) mass is 348 g/mol. The van der Waals surface area contributed by atoms with Gasteiger partial charge in [-0.1, -0.05) is 35.5 Å². The summed E-state index contributed by atoms with van der Waals surface area (Å²) in [5, 5.41) is 3.74. The van der Waals surface area contributed by atoms with Crippen LogP contribution in [0.25, 0.3) is 0 Å². The molecule has 1 aromatic heterocycles. The number of hydrogen-bond donors (Lipinski definition) is 0. The molecule has 7 heteroatoms. The number of Topliss-reactive ketones (excluding diaryl/α,β-unsaturated/α-hetero) is 1. The summed E-state index contributed by atoms with van der Waals surface area (Å²) in [5.41, 5.74) is 0.964. The van der Waals surface area contributed by atoms with Crippen molar-refractivity contribution < 1.29 is 17.7 Å². The Balaban J connectivity index is 1.85. The van der Waals surface area contributed by atoms with Crippen LogP contribution in [-0.2, 0) is 10.0 Å². The van der Waals surface area contributed by atoms with E-state index in [9.17, 15) is 13.2 Å². The molecule has 0 radical (unpaired) electrons. The van der Waals surface area contributed by atoms with Gasteiger partial charge in [-0.25, -0.2) is 8.42 Å². The molecule has 1 fully saturated rings. The smallest absolute Gasteiger partial charge is 0.248 e. The molecular weight excluding hydrogens is 328 g/mol. The molecular formula is C17H20N2O4S. The van der Waals surface area contributed by atoms with Gasteiger partial charge in [-0.15, -0.1) is 0 Å². The van der Waals surface area contributed by atoms with Gasteiger partial charge in [0.05, 0.1) is 0 Å². The number of aromatic nitrogens is 1. The molecule has 2 heterocycles. The van der Waals surface area contributed by atoms with E-state index in [1.807, 2.05) is 6.07 Å². The van der Waals surface area contributed by atoms with E-state index in [0.29, 0.717) is 24.2 Å². The molecule has 1 aromatic carbocycles. The lowest BCUT2D eigenvalue weighted by molar-refractivity contribution is 0.0961. The maximum atomic E-state index is 13.0. The molecule has 0 amide bonds. The van der Waals surface area contributed by atoms with Gasteiger partial charge >= 0.3 is 0 Å². The Kier molecular flexibility index (Phi) is 4.56. The summed E-state index contributed by atoms with van der Waals surface area (Å²) in [6.45, 7) is 3.62. The average Bonchev–Trinajstić information content (AvgIpc) is 3.15. The van der Waals surface area contributed by atoms with E-state index in [1.54, 1.807) is 38.1 Å². The molecule has 0 spiro atoms. The van der Waals surface area contributed by atoms with Crippen molar-refractivity contribution in [1.29, 1.82) is 0 Å². The first kappa shape index (κ1) is 16.9. The standard InChI is InChI=1S/C17H20N2O4S/c1-12-17(13(2)23-18-12)24(21,22)19-10-6-9-15(19)11-16(20)14-7-4-3-5-8-14/h3-5,7-8,15H,6,9-11H2,1-2H3/t15-/m1/s1. The first-order valence-corrected chi connectivity index (χ1v) is 9.38. The molecule has 1 saturated heterocycles. The van der Waals surface area contributed by atoms with Gasteiger partial charge in [-0.2, -0.15) is 4.31 Å². The normalized spacial score (nSPS) is 18.8. The van der Waals surface area contributed by atoms with Crippen molar-refractivity contribution in [3.8, 4) is 0 Å². The highest BCUT2D eigenvalue weighted by atomic mass is 32.2. The SMILES string of the molecule is Cc1noc(C)c1S(=O)(=O)N1CCC[C@@H]1CC(=O)c1ccccc1. The van der Waals surface area contributed by atoms with Gasteiger partial charge in [-0.3, -0.25) is 4.79 Å². The molecule has 2 aromatic rings. The van der Waals surface area contributed by atoms with Crippen LogP contribution in [0.5, 0.6) is 0 Å². The van der Waals surface area contributed by atoms with E-state index >= 15 is 0 Å². The van der Waals surface area contributed by atoms with Crippen molar-refractivity contribution in [2.24, 2.45) is 0 Å². The molecule has 0 bridgehead atoms. The van der Waals surface area contributed by atoms with Crippen molar-refractivity contribution >= 4 is 15.8 Å². The molecule has 0 N–H and O–H groups in total. The molecule has 0 saturated carbocycles. The molecule has 1 aliphatic rings. The highest BCUT2D eigenvalue weighted by Gasteiger charge is 2.39. The number of ketones is 1. The fourth-order valence-electron chi connectivity index (χ4n) is 3.25. The van der Waals surface area contributed by atoms with Gasteiger partial charge in [0.15, 0.2) is 11.5 Å². The molecule has 1 aliphatic heterocycles. The Morgan fingerprint density at radius 3 is 2.62 bits per heavy atom. The van der Waals surface area contributed by atoms with Crippen molar-refractivity contribution in [2.45, 2.75) is 44.0 Å². The number of nitrogens with zero attached hydrogens (tertiary/aromatic N) is 2. The summed E-state index contributed by atoms with van der Waals surface area (Å²) in [6.07, 6.45) is 1.61. The van der Waals surface area contributed by atoms with Crippen LogP contribution in [0.4, 0.5) is 0 Å². The minimum absolute atomic E-state index is 0.0403. The van der Waals surface area contributed by atoms with Gasteiger partial charge < -0.3 is 4.52 Å². The second kappa shape index (κ2) is 6.49. The largest absolute Gasteiger partial charge is 0.360 e. The lowest BCUT2D eigenvalue weighted by atomic mass is 10.0. The van der Waals surface area contributed by atoms with Gasteiger partial charge in [0, 0.05) is 24.6 Å². The highest BCUT2D eigenvalue weighted by molar-refractivity contribution is 7.89. The molecule has 1 atom stereocenters. The van der Waals surface area contributed by atoms with E-state index < -0.39 is 10.0 Å². The van der Waals surface area contributed by atoms with Crippen LogP contribution in [0, 0.1) is 13.8 Å². The van der Waals surface area contributed by atoms with Crippen molar-refractivity contribution in [2.75, 3.05) is 6.54 Å². The summed E-state index contributed by atoms with van der Waals surface area (Å²) in [6, 6.07) is 8.65. The maximum absolute atomic E-state index is 13.0. The zero-order valence-corrected chi connectivity index (χ0v) is 14.5. The third-order valence-corrected chi connectivity index (χ3v) is 6.57. The van der Waals surface area contributed by atoms with Crippen molar-refractivity contribution in [1.82, 2.24) is 9.46 Å². The molecule has 6 nitrogen and oxygen atoms in total. The third-order valence-electron chi connectivity index (χ3n) is 4.37. The second-order valence-corrected chi connectivity index (χ2v) is 7.89. The number of benzene rings is 1. The van der Waals surface area contributed by atoms with Crippen LogP contribution in [0.3, 0.4) is 0 Å².